The van der Waals surface area contributed by atoms with Crippen LogP contribution in [0.3, 0.4) is 0 Å². The normalized spacial score (nSPS) is 22.2. The van der Waals surface area contributed by atoms with E-state index in [-0.39, 0.29) is 16.5 Å². The summed E-state index contributed by atoms with van der Waals surface area (Å²) in [7, 11) is -3.54. The molecule has 0 bridgehead atoms. The van der Waals surface area contributed by atoms with Crippen LogP contribution in [0.1, 0.15) is 45.8 Å². The minimum Gasteiger partial charge on any atom is -0.447 e. The molecule has 0 saturated heterocycles. The summed E-state index contributed by atoms with van der Waals surface area (Å²) in [5.74, 6) is 0.638. The second kappa shape index (κ2) is 5.87. The SMILES string of the molecule is CCNCc1ccc(S(=O)(=O)NC2CCC(C)(C)C2)o1. The van der Waals surface area contributed by atoms with Gasteiger partial charge in [-0.25, -0.2) is 13.1 Å². The van der Waals surface area contributed by atoms with Gasteiger partial charge in [0.05, 0.1) is 6.54 Å². The maximum absolute atomic E-state index is 12.3. The third-order valence-corrected chi connectivity index (χ3v) is 5.13. The lowest BCUT2D eigenvalue weighted by atomic mass is 9.92. The standard InChI is InChI=1S/C14H24N2O3S/c1-4-15-10-12-5-6-13(19-12)20(17,18)16-11-7-8-14(2,3)9-11/h5-6,11,15-16H,4,7-10H2,1-3H3. The second-order valence-corrected chi connectivity index (χ2v) is 7.87. The molecule has 0 radical (unpaired) electrons. The molecule has 114 valence electrons. The number of sulfonamides is 1. The summed E-state index contributed by atoms with van der Waals surface area (Å²) in [4.78, 5) is 0. The van der Waals surface area contributed by atoms with Gasteiger partial charge in [0.2, 0.25) is 5.09 Å². The van der Waals surface area contributed by atoms with Gasteiger partial charge >= 0.3 is 0 Å². The second-order valence-electron chi connectivity index (χ2n) is 6.23. The maximum atomic E-state index is 12.3. The summed E-state index contributed by atoms with van der Waals surface area (Å²) in [5.41, 5.74) is 0.215. The lowest BCUT2D eigenvalue weighted by molar-refractivity contribution is 0.369. The van der Waals surface area contributed by atoms with Crippen LogP contribution < -0.4 is 10.0 Å². The molecule has 1 heterocycles. The van der Waals surface area contributed by atoms with Crippen LogP contribution in [0.2, 0.25) is 0 Å². The highest BCUT2D eigenvalue weighted by Crippen LogP contribution is 2.37. The molecule has 1 unspecified atom stereocenters. The third-order valence-electron chi connectivity index (χ3n) is 3.74. The van der Waals surface area contributed by atoms with Crippen molar-refractivity contribution in [3.05, 3.63) is 17.9 Å². The predicted octanol–water partition coefficient (Wildman–Crippen LogP) is 2.25. The van der Waals surface area contributed by atoms with Crippen LogP contribution in [-0.2, 0) is 16.6 Å². The van der Waals surface area contributed by atoms with Gasteiger partial charge in [-0.1, -0.05) is 20.8 Å². The molecular formula is C14H24N2O3S. The largest absolute Gasteiger partial charge is 0.447 e. The molecule has 0 aromatic carbocycles. The highest BCUT2D eigenvalue weighted by molar-refractivity contribution is 7.89. The van der Waals surface area contributed by atoms with Crippen LogP contribution in [0, 0.1) is 5.41 Å². The van der Waals surface area contributed by atoms with Gasteiger partial charge in [-0.3, -0.25) is 0 Å². The summed E-state index contributed by atoms with van der Waals surface area (Å²) in [5, 5.41) is 3.11. The van der Waals surface area contributed by atoms with Crippen LogP contribution in [0.4, 0.5) is 0 Å². The summed E-state index contributed by atoms with van der Waals surface area (Å²) in [6, 6.07) is 3.24. The van der Waals surface area contributed by atoms with E-state index < -0.39 is 10.0 Å². The van der Waals surface area contributed by atoms with Gasteiger partial charge in [-0.15, -0.1) is 0 Å². The Kier molecular flexibility index (Phi) is 4.56. The molecule has 0 spiro atoms. The van der Waals surface area contributed by atoms with Crippen molar-refractivity contribution in [1.82, 2.24) is 10.0 Å². The fraction of sp³-hybridized carbons (Fsp3) is 0.714. The Balaban J connectivity index is 2.01. The molecule has 5 nitrogen and oxygen atoms in total. The number of hydrogen-bond donors (Lipinski definition) is 2. The van der Waals surface area contributed by atoms with E-state index in [9.17, 15) is 8.42 Å². The van der Waals surface area contributed by atoms with Crippen molar-refractivity contribution in [2.75, 3.05) is 6.54 Å². The molecule has 20 heavy (non-hydrogen) atoms. The van der Waals surface area contributed by atoms with E-state index in [1.54, 1.807) is 6.07 Å². The van der Waals surface area contributed by atoms with Crippen molar-refractivity contribution in [1.29, 1.82) is 0 Å². The zero-order valence-corrected chi connectivity index (χ0v) is 13.2. The molecule has 1 aliphatic carbocycles. The lowest BCUT2D eigenvalue weighted by Crippen LogP contribution is -2.33. The quantitative estimate of drug-likeness (QED) is 0.845. The predicted molar refractivity (Wildman–Crippen MR) is 77.8 cm³/mol. The van der Waals surface area contributed by atoms with E-state index in [4.69, 9.17) is 4.42 Å². The summed E-state index contributed by atoms with van der Waals surface area (Å²) >= 11 is 0. The summed E-state index contributed by atoms with van der Waals surface area (Å²) < 4.78 is 32.7. The lowest BCUT2D eigenvalue weighted by Gasteiger charge is -2.17. The maximum Gasteiger partial charge on any atom is 0.274 e. The molecule has 1 fully saturated rings. The first kappa shape index (κ1) is 15.5. The van der Waals surface area contributed by atoms with Gasteiger partial charge in [-0.05, 0) is 43.4 Å². The molecule has 1 aromatic heterocycles. The van der Waals surface area contributed by atoms with Crippen molar-refractivity contribution >= 4 is 10.0 Å². The molecular weight excluding hydrogens is 276 g/mol. The Morgan fingerprint density at radius 1 is 1.40 bits per heavy atom. The van der Waals surface area contributed by atoms with Crippen LogP contribution in [0.25, 0.3) is 0 Å². The third kappa shape index (κ3) is 3.84. The Morgan fingerprint density at radius 2 is 2.15 bits per heavy atom. The number of rotatable bonds is 6. The highest BCUT2D eigenvalue weighted by atomic mass is 32.2. The molecule has 1 aromatic rings. The first-order chi connectivity index (χ1) is 9.32. The molecule has 6 heteroatoms. The van der Waals surface area contributed by atoms with Crippen LogP contribution >= 0.6 is 0 Å². The van der Waals surface area contributed by atoms with Crippen molar-refractivity contribution in [2.24, 2.45) is 5.41 Å². The van der Waals surface area contributed by atoms with Crippen molar-refractivity contribution < 1.29 is 12.8 Å². The monoisotopic (exact) mass is 300 g/mol. The molecule has 0 aliphatic heterocycles. The van der Waals surface area contributed by atoms with Gasteiger partial charge in [-0.2, -0.15) is 0 Å². The molecule has 1 atom stereocenters. The molecule has 2 rings (SSSR count). The average Bonchev–Trinajstić information content (AvgIpc) is 2.93. The fourth-order valence-corrected chi connectivity index (χ4v) is 3.88. The topological polar surface area (TPSA) is 71.3 Å². The smallest absolute Gasteiger partial charge is 0.274 e. The first-order valence-electron chi connectivity index (χ1n) is 7.14. The Hall–Kier alpha value is -0.850. The van der Waals surface area contributed by atoms with Crippen molar-refractivity contribution in [3.63, 3.8) is 0 Å². The Morgan fingerprint density at radius 3 is 2.75 bits per heavy atom. The van der Waals surface area contributed by atoms with Crippen molar-refractivity contribution in [3.8, 4) is 0 Å². The molecule has 1 aliphatic rings. The van der Waals surface area contributed by atoms with Crippen molar-refractivity contribution in [2.45, 2.75) is 57.7 Å². The van der Waals surface area contributed by atoms with Crippen LogP contribution in [0.15, 0.2) is 21.6 Å². The Bertz CT molecular complexity index is 549. The minimum atomic E-state index is -3.54. The molecule has 0 amide bonds. The van der Waals surface area contributed by atoms with E-state index >= 15 is 0 Å². The highest BCUT2D eigenvalue weighted by Gasteiger charge is 2.34. The first-order valence-corrected chi connectivity index (χ1v) is 8.62. The van der Waals surface area contributed by atoms with Crippen LogP contribution in [-0.4, -0.2) is 21.0 Å². The van der Waals surface area contributed by atoms with E-state index in [2.05, 4.69) is 23.9 Å². The van der Waals surface area contributed by atoms with Crippen LogP contribution in [0.5, 0.6) is 0 Å². The number of hydrogen-bond acceptors (Lipinski definition) is 4. The zero-order chi connectivity index (χ0) is 14.8. The summed E-state index contributed by atoms with van der Waals surface area (Å²) in [6.45, 7) is 7.69. The number of nitrogens with one attached hydrogen (secondary N) is 2. The minimum absolute atomic E-state index is 0.00936. The van der Waals surface area contributed by atoms with E-state index in [0.29, 0.717) is 12.3 Å². The van der Waals surface area contributed by atoms with Gasteiger partial charge in [0.25, 0.3) is 10.0 Å². The number of furan rings is 1. The van der Waals surface area contributed by atoms with Gasteiger partial charge in [0, 0.05) is 6.04 Å². The Labute approximate surface area is 121 Å². The van der Waals surface area contributed by atoms with Gasteiger partial charge in [0.15, 0.2) is 0 Å². The molecule has 1 saturated carbocycles. The van der Waals surface area contributed by atoms with E-state index in [1.165, 1.54) is 6.07 Å². The summed E-state index contributed by atoms with van der Waals surface area (Å²) in [6.07, 6.45) is 2.80. The van der Waals surface area contributed by atoms with E-state index in [1.807, 2.05) is 6.92 Å². The van der Waals surface area contributed by atoms with E-state index in [0.717, 1.165) is 25.8 Å². The van der Waals surface area contributed by atoms with Gasteiger partial charge in [0.1, 0.15) is 5.76 Å². The zero-order valence-electron chi connectivity index (χ0n) is 12.4. The fourth-order valence-electron chi connectivity index (χ4n) is 2.66. The average molecular weight is 300 g/mol. The van der Waals surface area contributed by atoms with Gasteiger partial charge < -0.3 is 9.73 Å². The molecule has 2 N–H and O–H groups in total.